The summed E-state index contributed by atoms with van der Waals surface area (Å²) in [5.74, 6) is -0.888. The van der Waals surface area contributed by atoms with E-state index in [1.54, 1.807) is 12.1 Å². The van der Waals surface area contributed by atoms with Crippen molar-refractivity contribution in [3.63, 3.8) is 0 Å². The van der Waals surface area contributed by atoms with Gasteiger partial charge in [-0.1, -0.05) is 0 Å². The summed E-state index contributed by atoms with van der Waals surface area (Å²) in [6.45, 7) is 0.0166. The molecule has 0 bridgehead atoms. The van der Waals surface area contributed by atoms with Crippen LogP contribution in [-0.4, -0.2) is 46.6 Å². The monoisotopic (exact) mass is 408 g/mol. The normalized spacial score (nSPS) is 11.6. The minimum absolute atomic E-state index is 0.0166. The molecule has 0 saturated carbocycles. The Morgan fingerprint density at radius 3 is 2.14 bits per heavy atom. The molecule has 0 aliphatic heterocycles. The van der Waals surface area contributed by atoms with E-state index in [1.165, 1.54) is 35.5 Å². The first-order valence-corrected chi connectivity index (χ1v) is 8.61. The Labute approximate surface area is 167 Å². The maximum absolute atomic E-state index is 12.2. The Morgan fingerprint density at radius 1 is 1.03 bits per heavy atom. The van der Waals surface area contributed by atoms with Crippen molar-refractivity contribution in [2.24, 2.45) is 0 Å². The minimum Gasteiger partial charge on any atom is -0.502 e. The fourth-order valence-electron chi connectivity index (χ4n) is 2.92. The van der Waals surface area contributed by atoms with Crippen LogP contribution < -0.4 is 19.6 Å². The molecular formula is C20H24O9. The van der Waals surface area contributed by atoms with Gasteiger partial charge in [0.15, 0.2) is 17.3 Å². The molecule has 0 amide bonds. The molecule has 1 atom stereocenters. The van der Waals surface area contributed by atoms with Gasteiger partial charge in [-0.25, -0.2) is 0 Å². The van der Waals surface area contributed by atoms with Crippen LogP contribution in [0.3, 0.4) is 0 Å². The second-order valence-corrected chi connectivity index (χ2v) is 6.01. The molecule has 9 heteroatoms. The number of aromatic hydroxyl groups is 1. The third-order valence-corrected chi connectivity index (χ3v) is 4.29. The molecule has 0 radical (unpaired) electrons. The van der Waals surface area contributed by atoms with Crippen molar-refractivity contribution in [1.82, 2.24) is 0 Å². The van der Waals surface area contributed by atoms with Gasteiger partial charge in [-0.3, -0.25) is 9.59 Å². The van der Waals surface area contributed by atoms with Crippen molar-refractivity contribution in [3.8, 4) is 23.0 Å². The highest BCUT2D eigenvalue weighted by Gasteiger charge is 2.29. The molecule has 0 saturated heterocycles. The summed E-state index contributed by atoms with van der Waals surface area (Å²) >= 11 is 0. The van der Waals surface area contributed by atoms with Crippen molar-refractivity contribution in [3.05, 3.63) is 45.5 Å². The Balaban J connectivity index is 2.73. The van der Waals surface area contributed by atoms with E-state index in [0.29, 0.717) is 22.8 Å². The number of carbonyl (C=O) groups excluding carboxylic acids is 1. The van der Waals surface area contributed by atoms with Crippen LogP contribution in [0.2, 0.25) is 0 Å². The van der Waals surface area contributed by atoms with Crippen molar-refractivity contribution >= 4 is 5.97 Å². The van der Waals surface area contributed by atoms with Crippen molar-refractivity contribution in [2.45, 2.75) is 18.9 Å². The Kier molecular flexibility index (Phi) is 7.49. The Hall–Kier alpha value is -3.20. The van der Waals surface area contributed by atoms with Gasteiger partial charge >= 0.3 is 5.97 Å². The molecule has 1 aromatic carbocycles. The zero-order valence-corrected chi connectivity index (χ0v) is 16.9. The molecule has 158 valence electrons. The SMILES string of the molecule is COCc1cc(=O)c(O)c(C(CC(=O)OC)c2cc(OC)c(OC)c(OC)c2)o1. The summed E-state index contributed by atoms with van der Waals surface area (Å²) in [4.78, 5) is 24.3. The zero-order chi connectivity index (χ0) is 21.6. The van der Waals surface area contributed by atoms with E-state index in [2.05, 4.69) is 0 Å². The minimum atomic E-state index is -0.860. The number of carbonyl (C=O) groups is 1. The third kappa shape index (κ3) is 4.80. The van der Waals surface area contributed by atoms with Crippen LogP contribution in [0.15, 0.2) is 27.4 Å². The van der Waals surface area contributed by atoms with Gasteiger partial charge in [-0.2, -0.15) is 0 Å². The molecule has 0 spiro atoms. The average Bonchev–Trinajstić information content (AvgIpc) is 2.73. The first kappa shape index (κ1) is 22.1. The number of ether oxygens (including phenoxy) is 5. The fraction of sp³-hybridized carbons (Fsp3) is 0.400. The highest BCUT2D eigenvalue weighted by atomic mass is 16.5. The van der Waals surface area contributed by atoms with Gasteiger partial charge < -0.3 is 33.2 Å². The topological polar surface area (TPSA) is 114 Å². The van der Waals surface area contributed by atoms with Gasteiger partial charge in [-0.05, 0) is 17.7 Å². The molecule has 1 N–H and O–H groups in total. The van der Waals surface area contributed by atoms with Crippen molar-refractivity contribution in [1.29, 1.82) is 0 Å². The molecule has 0 aliphatic rings. The Bertz CT molecular complexity index is 892. The van der Waals surface area contributed by atoms with Gasteiger partial charge in [0, 0.05) is 13.2 Å². The smallest absolute Gasteiger partial charge is 0.306 e. The van der Waals surface area contributed by atoms with E-state index in [1.807, 2.05) is 0 Å². The lowest BCUT2D eigenvalue weighted by Crippen LogP contribution is -2.14. The second-order valence-electron chi connectivity index (χ2n) is 6.01. The van der Waals surface area contributed by atoms with Crippen LogP contribution in [0.5, 0.6) is 23.0 Å². The second kappa shape index (κ2) is 9.83. The molecule has 0 aliphatic carbocycles. The molecule has 29 heavy (non-hydrogen) atoms. The van der Waals surface area contributed by atoms with Gasteiger partial charge in [0.25, 0.3) is 0 Å². The lowest BCUT2D eigenvalue weighted by molar-refractivity contribution is -0.140. The van der Waals surface area contributed by atoms with Gasteiger partial charge in [-0.15, -0.1) is 0 Å². The predicted octanol–water partition coefficient (Wildman–Crippen LogP) is 2.21. The molecule has 2 rings (SSSR count). The van der Waals surface area contributed by atoms with E-state index in [9.17, 15) is 14.7 Å². The van der Waals surface area contributed by atoms with E-state index in [4.69, 9.17) is 28.1 Å². The quantitative estimate of drug-likeness (QED) is 0.624. The number of esters is 1. The summed E-state index contributed by atoms with van der Waals surface area (Å²) in [6.07, 6.45) is -0.206. The summed E-state index contributed by atoms with van der Waals surface area (Å²) in [7, 11) is 7.05. The van der Waals surface area contributed by atoms with Crippen LogP contribution in [0.4, 0.5) is 0 Å². The molecule has 0 fully saturated rings. The summed E-state index contributed by atoms with van der Waals surface area (Å²) < 4.78 is 31.5. The number of rotatable bonds is 9. The fourth-order valence-corrected chi connectivity index (χ4v) is 2.92. The van der Waals surface area contributed by atoms with E-state index in [-0.39, 0.29) is 24.5 Å². The van der Waals surface area contributed by atoms with Crippen LogP contribution in [0.25, 0.3) is 0 Å². The lowest BCUT2D eigenvalue weighted by Gasteiger charge is -2.20. The number of hydrogen-bond acceptors (Lipinski definition) is 9. The standard InChI is InChI=1S/C20H24O9/c1-24-10-12-8-14(21)18(23)19(29-12)13(9-17(22)27-4)11-6-15(25-2)20(28-5)16(7-11)26-3/h6-8,13,23H,9-10H2,1-5H3. The van der Waals surface area contributed by atoms with Crippen LogP contribution in [-0.2, 0) is 20.9 Å². The number of hydrogen-bond donors (Lipinski definition) is 1. The highest BCUT2D eigenvalue weighted by molar-refractivity contribution is 5.71. The van der Waals surface area contributed by atoms with Crippen LogP contribution in [0.1, 0.15) is 29.4 Å². The lowest BCUT2D eigenvalue weighted by atomic mass is 9.91. The molecular weight excluding hydrogens is 384 g/mol. The van der Waals surface area contributed by atoms with Gasteiger partial charge in [0.05, 0.1) is 40.8 Å². The van der Waals surface area contributed by atoms with Crippen molar-refractivity contribution in [2.75, 3.05) is 35.5 Å². The summed E-state index contributed by atoms with van der Waals surface area (Å²) in [5.41, 5.74) is -0.168. The van der Waals surface area contributed by atoms with E-state index in [0.717, 1.165) is 6.07 Å². The van der Waals surface area contributed by atoms with Gasteiger partial charge in [0.2, 0.25) is 16.9 Å². The maximum Gasteiger partial charge on any atom is 0.306 e. The zero-order valence-electron chi connectivity index (χ0n) is 16.9. The van der Waals surface area contributed by atoms with Crippen molar-refractivity contribution < 1.29 is 38.0 Å². The van der Waals surface area contributed by atoms with E-state index < -0.39 is 23.1 Å². The Morgan fingerprint density at radius 2 is 1.66 bits per heavy atom. The van der Waals surface area contributed by atoms with E-state index >= 15 is 0 Å². The van der Waals surface area contributed by atoms with Gasteiger partial charge in [0.1, 0.15) is 12.4 Å². The molecule has 2 aromatic rings. The first-order chi connectivity index (χ1) is 13.9. The molecule has 9 nitrogen and oxygen atoms in total. The molecule has 1 heterocycles. The summed E-state index contributed by atoms with van der Waals surface area (Å²) in [6, 6.07) is 4.35. The predicted molar refractivity (Wildman–Crippen MR) is 102 cm³/mol. The van der Waals surface area contributed by atoms with Crippen LogP contribution >= 0.6 is 0 Å². The highest BCUT2D eigenvalue weighted by Crippen LogP contribution is 2.43. The van der Waals surface area contributed by atoms with Crippen LogP contribution in [0, 0.1) is 0 Å². The maximum atomic E-state index is 12.2. The summed E-state index contributed by atoms with van der Waals surface area (Å²) in [5, 5.41) is 10.4. The first-order valence-electron chi connectivity index (χ1n) is 8.61. The number of benzene rings is 1. The largest absolute Gasteiger partial charge is 0.502 e. The number of methoxy groups -OCH3 is 5. The molecule has 1 aromatic heterocycles. The third-order valence-electron chi connectivity index (χ3n) is 4.29. The average molecular weight is 408 g/mol. The molecule has 1 unspecified atom stereocenters.